The van der Waals surface area contributed by atoms with E-state index in [0.717, 1.165) is 0 Å². The Balaban J connectivity index is 2.26. The van der Waals surface area contributed by atoms with Gasteiger partial charge in [0.05, 0.1) is 0 Å². The average molecular weight is 484 g/mol. The van der Waals surface area contributed by atoms with E-state index in [2.05, 4.69) is 9.68 Å². The lowest BCUT2D eigenvalue weighted by Crippen LogP contribution is -2.05. The van der Waals surface area contributed by atoms with E-state index >= 15 is 0 Å². The maximum absolute atomic E-state index is 11.2. The molecule has 0 aliphatic heterocycles. The Labute approximate surface area is 188 Å². The van der Waals surface area contributed by atoms with Gasteiger partial charge in [0.2, 0.25) is 0 Å². The fraction of sp³-hybridized carbons (Fsp3) is 0.222. The van der Waals surface area contributed by atoms with E-state index in [1.54, 1.807) is 12.1 Å². The predicted octanol–water partition coefficient (Wildman–Crippen LogP) is 3.75. The zero-order chi connectivity index (χ0) is 23.7. The van der Waals surface area contributed by atoms with Crippen LogP contribution in [0.5, 0.6) is 11.5 Å². The number of ether oxygens (including phenoxy) is 2. The van der Waals surface area contributed by atoms with Crippen LogP contribution < -0.4 is 9.47 Å². The third-order valence-electron chi connectivity index (χ3n) is 3.46. The minimum absolute atomic E-state index is 0.194. The van der Waals surface area contributed by atoms with Crippen molar-refractivity contribution in [2.75, 3.05) is 0 Å². The van der Waals surface area contributed by atoms with Gasteiger partial charge in [0.25, 0.3) is 10.2 Å². The van der Waals surface area contributed by atoms with Crippen LogP contribution in [-0.2, 0) is 32.5 Å². The van der Waals surface area contributed by atoms with Gasteiger partial charge >= 0.3 is 11.9 Å². The van der Waals surface area contributed by atoms with E-state index < -0.39 is 22.1 Å². The number of carbonyl (C=O) groups is 2. The molecule has 0 spiro atoms. The molecule has 0 saturated carbocycles. The summed E-state index contributed by atoms with van der Waals surface area (Å²) in [5.74, 6) is -0.715. The predicted molar refractivity (Wildman–Crippen MR) is 111 cm³/mol. The van der Waals surface area contributed by atoms with Gasteiger partial charge in [-0.1, -0.05) is 21.6 Å². The normalized spacial score (nSPS) is 10.2. The third-order valence-corrected chi connectivity index (χ3v) is 6.03. The van der Waals surface area contributed by atoms with Crippen LogP contribution in [0.3, 0.4) is 0 Å². The lowest BCUT2D eigenvalue weighted by molar-refractivity contribution is -0.763. The molecule has 0 unspecified atom stereocenters. The van der Waals surface area contributed by atoms with Crippen LogP contribution in [0.4, 0.5) is 0 Å². The molecule has 0 amide bonds. The molecule has 32 heavy (non-hydrogen) atoms. The summed E-state index contributed by atoms with van der Waals surface area (Å²) in [5, 5.41) is 19.3. The molecule has 14 heteroatoms. The summed E-state index contributed by atoms with van der Waals surface area (Å²) in [6.45, 7) is 1.68. The zero-order valence-corrected chi connectivity index (χ0v) is 18.3. The largest absolute Gasteiger partial charge is 0.427 e. The van der Waals surface area contributed by atoms with Gasteiger partial charge in [-0.3, -0.25) is 9.59 Å². The molecular weight excluding hydrogens is 468 g/mol. The highest BCUT2D eigenvalue weighted by Gasteiger charge is 2.13. The Morgan fingerprint density at radius 3 is 1.47 bits per heavy atom. The van der Waals surface area contributed by atoms with Crippen molar-refractivity contribution in [1.29, 1.82) is 0 Å². The molecule has 170 valence electrons. The minimum atomic E-state index is -0.944. The molecule has 0 bridgehead atoms. The van der Waals surface area contributed by atoms with Gasteiger partial charge in [0, 0.05) is 23.6 Å². The Hall–Kier alpha value is -3.52. The van der Waals surface area contributed by atoms with Crippen LogP contribution >= 0.6 is 21.6 Å². The standard InChI is InChI=1S/C18H16N2O10S2/c1-11(21)29-15-3-5-17(13(7-15)9-27-19(23)24)31-32-18-6-4-16(30-12(2)22)8-14(18)10-28-20(25)26/h3-8H,9-10H2,1-2H3. The Kier molecular flexibility index (Phi) is 9.09. The second-order valence-electron chi connectivity index (χ2n) is 5.89. The second-order valence-corrected chi connectivity index (χ2v) is 8.10. The maximum Gasteiger partial charge on any atom is 0.308 e. The van der Waals surface area contributed by atoms with Crippen LogP contribution in [-0.4, -0.2) is 22.1 Å². The second kappa shape index (κ2) is 11.8. The molecule has 2 aromatic carbocycles. The van der Waals surface area contributed by atoms with Gasteiger partial charge in [-0.25, -0.2) is 0 Å². The van der Waals surface area contributed by atoms with Crippen LogP contribution in [0.25, 0.3) is 0 Å². The number of benzene rings is 2. The molecule has 0 aromatic heterocycles. The molecule has 2 aromatic rings. The summed E-state index contributed by atoms with van der Waals surface area (Å²) in [4.78, 5) is 53.5. The quantitative estimate of drug-likeness (QED) is 0.150. The van der Waals surface area contributed by atoms with E-state index in [-0.39, 0.29) is 24.7 Å². The molecular formula is C18H16N2O10S2. The van der Waals surface area contributed by atoms with Gasteiger partial charge < -0.3 is 19.1 Å². The summed E-state index contributed by atoms with van der Waals surface area (Å²) in [6, 6.07) is 9.09. The number of nitrogens with zero attached hydrogens (tertiary/aromatic N) is 2. The highest BCUT2D eigenvalue weighted by molar-refractivity contribution is 8.76. The Morgan fingerprint density at radius 2 is 1.16 bits per heavy atom. The summed E-state index contributed by atoms with van der Waals surface area (Å²) < 4.78 is 9.99. The molecule has 0 fully saturated rings. The molecule has 0 aliphatic rings. The first kappa shape index (κ1) is 24.7. The van der Waals surface area contributed by atoms with Gasteiger partial charge in [0.15, 0.2) is 0 Å². The highest BCUT2D eigenvalue weighted by Crippen LogP contribution is 2.42. The van der Waals surface area contributed by atoms with Crippen molar-refractivity contribution in [2.24, 2.45) is 0 Å². The van der Waals surface area contributed by atoms with Gasteiger partial charge in [-0.2, -0.15) is 0 Å². The van der Waals surface area contributed by atoms with Gasteiger partial charge in [-0.05, 0) is 47.5 Å². The van der Waals surface area contributed by atoms with Crippen molar-refractivity contribution in [3.63, 3.8) is 0 Å². The van der Waals surface area contributed by atoms with E-state index in [0.29, 0.717) is 20.9 Å². The van der Waals surface area contributed by atoms with Crippen molar-refractivity contribution < 1.29 is 38.9 Å². The Morgan fingerprint density at radius 1 is 0.781 bits per heavy atom. The van der Waals surface area contributed by atoms with Crippen molar-refractivity contribution in [3.05, 3.63) is 67.8 Å². The topological polar surface area (TPSA) is 157 Å². The molecule has 0 atom stereocenters. The van der Waals surface area contributed by atoms with Crippen molar-refractivity contribution in [2.45, 2.75) is 36.9 Å². The summed E-state index contributed by atoms with van der Waals surface area (Å²) in [5.41, 5.74) is 0.773. The fourth-order valence-electron chi connectivity index (χ4n) is 2.29. The highest BCUT2D eigenvalue weighted by atomic mass is 33.1. The molecule has 2 rings (SSSR count). The van der Waals surface area contributed by atoms with Gasteiger partial charge in [0.1, 0.15) is 24.7 Å². The first-order valence-electron chi connectivity index (χ1n) is 8.66. The number of rotatable bonds is 11. The SMILES string of the molecule is CC(=O)Oc1ccc(SSc2ccc(OC(C)=O)cc2CO[N+](=O)[O-])c(CO[N+](=O)[O-])c1. The molecule has 0 aliphatic carbocycles. The van der Waals surface area contributed by atoms with E-state index in [9.17, 15) is 29.8 Å². The van der Waals surface area contributed by atoms with E-state index in [1.165, 1.54) is 59.7 Å². The molecule has 0 heterocycles. The molecule has 0 saturated heterocycles. The van der Waals surface area contributed by atoms with Crippen LogP contribution in [0.1, 0.15) is 25.0 Å². The average Bonchev–Trinajstić information content (AvgIpc) is 2.69. The summed E-state index contributed by atoms with van der Waals surface area (Å²) in [6.07, 6.45) is 0. The summed E-state index contributed by atoms with van der Waals surface area (Å²) >= 11 is 0. The van der Waals surface area contributed by atoms with Crippen molar-refractivity contribution >= 4 is 33.5 Å². The number of hydrogen-bond acceptors (Lipinski definition) is 12. The van der Waals surface area contributed by atoms with Crippen LogP contribution in [0.15, 0.2) is 46.2 Å². The number of esters is 2. The zero-order valence-electron chi connectivity index (χ0n) is 16.7. The van der Waals surface area contributed by atoms with Crippen molar-refractivity contribution in [3.8, 4) is 11.5 Å². The van der Waals surface area contributed by atoms with E-state index in [4.69, 9.17) is 9.47 Å². The molecule has 12 nitrogen and oxygen atoms in total. The lowest BCUT2D eigenvalue weighted by Gasteiger charge is -2.13. The summed E-state index contributed by atoms with van der Waals surface area (Å²) in [7, 11) is 2.38. The first-order chi connectivity index (χ1) is 15.1. The monoisotopic (exact) mass is 484 g/mol. The van der Waals surface area contributed by atoms with Gasteiger partial charge in [-0.15, -0.1) is 20.2 Å². The number of carbonyl (C=O) groups excluding carboxylic acids is 2. The van der Waals surface area contributed by atoms with Crippen LogP contribution in [0.2, 0.25) is 0 Å². The number of hydrogen-bond donors (Lipinski definition) is 0. The minimum Gasteiger partial charge on any atom is -0.427 e. The fourth-order valence-corrected chi connectivity index (χ4v) is 4.68. The molecule has 0 radical (unpaired) electrons. The molecule has 0 N–H and O–H groups in total. The van der Waals surface area contributed by atoms with Crippen molar-refractivity contribution in [1.82, 2.24) is 0 Å². The smallest absolute Gasteiger partial charge is 0.308 e. The van der Waals surface area contributed by atoms with Crippen LogP contribution in [0, 0.1) is 20.2 Å². The van der Waals surface area contributed by atoms with E-state index in [1.807, 2.05) is 0 Å². The third kappa shape index (κ3) is 8.31. The lowest BCUT2D eigenvalue weighted by atomic mass is 10.2. The maximum atomic E-state index is 11.2. The Bertz CT molecular complexity index is 949. The first-order valence-corrected chi connectivity index (χ1v) is 10.8.